The Morgan fingerprint density at radius 3 is 2.29 bits per heavy atom. The number of nitrogens with one attached hydrogen (secondary N) is 1. The van der Waals surface area contributed by atoms with E-state index in [-0.39, 0.29) is 18.5 Å². The number of carbonyl (C=O) groups is 1. The zero-order valence-corrected chi connectivity index (χ0v) is 12.5. The van der Waals surface area contributed by atoms with Gasteiger partial charge in [-0.25, -0.2) is 5.14 Å². The average molecular weight is 309 g/mol. The monoisotopic (exact) mass is 309 g/mol. The average Bonchev–Trinajstić information content (AvgIpc) is 3.29. The third-order valence-electron chi connectivity index (χ3n) is 3.75. The molecule has 2 aliphatic carbocycles. The second-order valence-corrected chi connectivity index (χ2v) is 7.26. The first kappa shape index (κ1) is 14.5. The Labute approximate surface area is 124 Å². The standard InChI is InChI=1S/C14H19N3O3S/c15-21(19,20)17(13-7-8-13)9-10-1-3-11(4-2-10)14(18)16-12-5-6-12/h1-4,12-13H,5-9H2,(H,16,18)(H2,15,19,20). The van der Waals surface area contributed by atoms with Crippen molar-refractivity contribution in [2.45, 2.75) is 44.3 Å². The molecule has 3 rings (SSSR count). The molecule has 0 unspecified atom stereocenters. The number of benzene rings is 1. The van der Waals surface area contributed by atoms with Crippen molar-refractivity contribution in [3.8, 4) is 0 Å². The van der Waals surface area contributed by atoms with Gasteiger partial charge in [-0.3, -0.25) is 4.79 Å². The Balaban J connectivity index is 1.67. The third-order valence-corrected chi connectivity index (χ3v) is 4.83. The highest BCUT2D eigenvalue weighted by molar-refractivity contribution is 7.86. The van der Waals surface area contributed by atoms with Gasteiger partial charge in [0.25, 0.3) is 16.1 Å². The minimum Gasteiger partial charge on any atom is -0.349 e. The molecule has 7 heteroatoms. The SMILES string of the molecule is NS(=O)(=O)N(Cc1ccc(C(=O)NC2CC2)cc1)C1CC1. The number of rotatable bonds is 6. The minimum absolute atomic E-state index is 0.0258. The lowest BCUT2D eigenvalue weighted by atomic mass is 10.1. The first-order valence-corrected chi connectivity index (χ1v) is 8.63. The number of nitrogens with zero attached hydrogens (tertiary/aromatic N) is 1. The van der Waals surface area contributed by atoms with Gasteiger partial charge in [-0.15, -0.1) is 0 Å². The Hall–Kier alpha value is -1.44. The number of hydrogen-bond acceptors (Lipinski definition) is 3. The summed E-state index contributed by atoms with van der Waals surface area (Å²) in [5.74, 6) is -0.0745. The molecule has 1 aromatic rings. The third kappa shape index (κ3) is 3.81. The van der Waals surface area contributed by atoms with Crippen LogP contribution in [0.4, 0.5) is 0 Å². The Bertz CT molecular complexity index is 634. The first-order chi connectivity index (χ1) is 9.93. The number of carbonyl (C=O) groups excluding carboxylic acids is 1. The van der Waals surface area contributed by atoms with Crippen LogP contribution in [0.15, 0.2) is 24.3 Å². The summed E-state index contributed by atoms with van der Waals surface area (Å²) in [6.07, 6.45) is 3.82. The van der Waals surface area contributed by atoms with Crippen LogP contribution < -0.4 is 10.5 Å². The number of amides is 1. The fraction of sp³-hybridized carbons (Fsp3) is 0.500. The van der Waals surface area contributed by atoms with Gasteiger partial charge in [0.2, 0.25) is 0 Å². The van der Waals surface area contributed by atoms with Crippen LogP contribution in [0.5, 0.6) is 0 Å². The molecule has 3 N–H and O–H groups in total. The maximum Gasteiger partial charge on any atom is 0.277 e. The molecule has 21 heavy (non-hydrogen) atoms. The summed E-state index contributed by atoms with van der Waals surface area (Å²) >= 11 is 0. The lowest BCUT2D eigenvalue weighted by Crippen LogP contribution is -2.37. The van der Waals surface area contributed by atoms with Crippen LogP contribution in [0, 0.1) is 0 Å². The summed E-state index contributed by atoms with van der Waals surface area (Å²) < 4.78 is 24.4. The van der Waals surface area contributed by atoms with Crippen molar-refractivity contribution < 1.29 is 13.2 Å². The molecule has 1 amide bonds. The number of hydrogen-bond donors (Lipinski definition) is 2. The molecular formula is C14H19N3O3S. The minimum atomic E-state index is -3.68. The fourth-order valence-corrected chi connectivity index (χ4v) is 3.18. The molecule has 6 nitrogen and oxygen atoms in total. The van der Waals surface area contributed by atoms with E-state index in [0.29, 0.717) is 11.6 Å². The lowest BCUT2D eigenvalue weighted by molar-refractivity contribution is 0.0951. The molecule has 2 fully saturated rings. The molecule has 0 atom stereocenters. The largest absolute Gasteiger partial charge is 0.349 e. The van der Waals surface area contributed by atoms with Gasteiger partial charge in [-0.1, -0.05) is 12.1 Å². The lowest BCUT2D eigenvalue weighted by Gasteiger charge is -2.18. The van der Waals surface area contributed by atoms with Gasteiger partial charge < -0.3 is 5.32 Å². The van der Waals surface area contributed by atoms with Crippen LogP contribution in [0.25, 0.3) is 0 Å². The smallest absolute Gasteiger partial charge is 0.277 e. The molecule has 1 aromatic carbocycles. The van der Waals surface area contributed by atoms with E-state index in [9.17, 15) is 13.2 Å². The first-order valence-electron chi connectivity index (χ1n) is 7.13. The quantitative estimate of drug-likeness (QED) is 0.812. The van der Waals surface area contributed by atoms with Gasteiger partial charge in [0.1, 0.15) is 0 Å². The Morgan fingerprint density at radius 2 is 1.81 bits per heavy atom. The van der Waals surface area contributed by atoms with E-state index in [4.69, 9.17) is 5.14 Å². The summed E-state index contributed by atoms with van der Waals surface area (Å²) in [4.78, 5) is 11.9. The second-order valence-electron chi connectivity index (χ2n) is 5.77. The van der Waals surface area contributed by atoms with E-state index in [2.05, 4.69) is 5.32 Å². The van der Waals surface area contributed by atoms with E-state index < -0.39 is 10.2 Å². The molecule has 0 saturated heterocycles. The van der Waals surface area contributed by atoms with Gasteiger partial charge >= 0.3 is 0 Å². The molecule has 0 heterocycles. The summed E-state index contributed by atoms with van der Waals surface area (Å²) in [5.41, 5.74) is 1.43. The van der Waals surface area contributed by atoms with Gasteiger partial charge in [-0.2, -0.15) is 12.7 Å². The second kappa shape index (κ2) is 5.40. The number of nitrogens with two attached hydrogens (primary N) is 1. The van der Waals surface area contributed by atoms with Gasteiger partial charge in [0, 0.05) is 24.2 Å². The molecule has 0 bridgehead atoms. The summed E-state index contributed by atoms with van der Waals surface area (Å²) in [5, 5.41) is 8.16. The maximum atomic E-state index is 11.9. The maximum absolute atomic E-state index is 11.9. The van der Waals surface area contributed by atoms with E-state index in [0.717, 1.165) is 31.2 Å². The summed E-state index contributed by atoms with van der Waals surface area (Å²) in [6.45, 7) is 0.258. The Morgan fingerprint density at radius 1 is 1.19 bits per heavy atom. The predicted octanol–water partition coefficient (Wildman–Crippen LogP) is 0.747. The van der Waals surface area contributed by atoms with E-state index >= 15 is 0 Å². The van der Waals surface area contributed by atoms with Crippen molar-refractivity contribution in [3.63, 3.8) is 0 Å². The van der Waals surface area contributed by atoms with Crippen molar-refractivity contribution in [2.75, 3.05) is 0 Å². The Kier molecular flexibility index (Phi) is 3.73. The van der Waals surface area contributed by atoms with Crippen LogP contribution in [-0.4, -0.2) is 30.7 Å². The van der Waals surface area contributed by atoms with Crippen molar-refractivity contribution in [2.24, 2.45) is 5.14 Å². The van der Waals surface area contributed by atoms with Crippen LogP contribution in [0.3, 0.4) is 0 Å². The summed E-state index contributed by atoms with van der Waals surface area (Å²) in [6, 6.07) is 7.36. The zero-order valence-electron chi connectivity index (χ0n) is 11.7. The van der Waals surface area contributed by atoms with Crippen LogP contribution in [0.1, 0.15) is 41.6 Å². The molecule has 0 radical (unpaired) electrons. The van der Waals surface area contributed by atoms with Crippen molar-refractivity contribution in [1.82, 2.24) is 9.62 Å². The molecule has 0 spiro atoms. The van der Waals surface area contributed by atoms with Crippen molar-refractivity contribution >= 4 is 16.1 Å². The highest BCUT2D eigenvalue weighted by atomic mass is 32.2. The zero-order chi connectivity index (χ0) is 15.0. The van der Waals surface area contributed by atoms with Gasteiger partial charge in [0.05, 0.1) is 0 Å². The van der Waals surface area contributed by atoms with Crippen molar-refractivity contribution in [1.29, 1.82) is 0 Å². The van der Waals surface area contributed by atoms with Crippen LogP contribution >= 0.6 is 0 Å². The topological polar surface area (TPSA) is 92.5 Å². The van der Waals surface area contributed by atoms with Gasteiger partial charge in [0.15, 0.2) is 0 Å². The van der Waals surface area contributed by atoms with E-state index in [1.807, 2.05) is 0 Å². The molecular weight excluding hydrogens is 290 g/mol. The normalized spacial score (nSPS) is 18.8. The molecule has 114 valence electrons. The van der Waals surface area contributed by atoms with Crippen molar-refractivity contribution in [3.05, 3.63) is 35.4 Å². The molecule has 2 saturated carbocycles. The highest BCUT2D eigenvalue weighted by Gasteiger charge is 2.35. The predicted molar refractivity (Wildman–Crippen MR) is 78.6 cm³/mol. The fourth-order valence-electron chi connectivity index (χ4n) is 2.23. The molecule has 2 aliphatic rings. The van der Waals surface area contributed by atoms with Crippen LogP contribution in [-0.2, 0) is 16.8 Å². The molecule has 0 aliphatic heterocycles. The molecule has 0 aromatic heterocycles. The van der Waals surface area contributed by atoms with Crippen LogP contribution in [0.2, 0.25) is 0 Å². The van der Waals surface area contributed by atoms with E-state index in [1.54, 1.807) is 24.3 Å². The van der Waals surface area contributed by atoms with Gasteiger partial charge in [-0.05, 0) is 43.4 Å². The van der Waals surface area contributed by atoms with E-state index in [1.165, 1.54) is 4.31 Å². The highest BCUT2D eigenvalue weighted by Crippen LogP contribution is 2.29. The summed E-state index contributed by atoms with van der Waals surface area (Å²) in [7, 11) is -3.68.